The summed E-state index contributed by atoms with van der Waals surface area (Å²) in [5, 5.41) is 2.92. The molecular formula is C22H27N2O3+. The van der Waals surface area contributed by atoms with Crippen LogP contribution in [0.25, 0.3) is 0 Å². The second-order valence-corrected chi connectivity index (χ2v) is 7.01. The number of esters is 1. The van der Waals surface area contributed by atoms with Gasteiger partial charge in [0.2, 0.25) is 0 Å². The fourth-order valence-corrected chi connectivity index (χ4v) is 3.75. The lowest BCUT2D eigenvalue weighted by Crippen LogP contribution is -3.10. The van der Waals surface area contributed by atoms with Crippen molar-refractivity contribution >= 4 is 17.6 Å². The molecule has 3 rings (SSSR count). The summed E-state index contributed by atoms with van der Waals surface area (Å²) >= 11 is 0. The lowest BCUT2D eigenvalue weighted by molar-refractivity contribution is -0.905. The van der Waals surface area contributed by atoms with E-state index in [2.05, 4.69) is 36.6 Å². The highest BCUT2D eigenvalue weighted by molar-refractivity contribution is 5.93. The van der Waals surface area contributed by atoms with E-state index in [-0.39, 0.29) is 11.9 Å². The first-order chi connectivity index (χ1) is 13.1. The first-order valence-corrected chi connectivity index (χ1v) is 9.55. The van der Waals surface area contributed by atoms with Gasteiger partial charge in [-0.2, -0.15) is 0 Å². The number of nitrogens with one attached hydrogen (secondary N) is 2. The van der Waals surface area contributed by atoms with Crippen LogP contribution in [0.1, 0.15) is 47.3 Å². The van der Waals surface area contributed by atoms with Gasteiger partial charge in [0.05, 0.1) is 19.2 Å². The molecule has 5 heteroatoms. The third-order valence-corrected chi connectivity index (χ3v) is 5.08. The number of quaternary nitrogens is 1. The van der Waals surface area contributed by atoms with E-state index < -0.39 is 0 Å². The number of amides is 1. The number of benzene rings is 2. The molecule has 0 spiro atoms. The molecule has 1 amide bonds. The summed E-state index contributed by atoms with van der Waals surface area (Å²) in [6.07, 6.45) is 3.39. The zero-order valence-corrected chi connectivity index (χ0v) is 16.0. The Hall–Kier alpha value is -2.66. The standard InChI is InChI=1S/C22H26N2O3/c1-3-27-22(26)17-11-13-18(14-12-17)23-21(25)15-24(2)20-10-6-8-16-7-4-5-9-19(16)20/h4-5,7,9,11-14,20H,3,6,8,10,15H2,1-2H3,(H,23,25)/p+1/t20-/m1/s1. The molecule has 2 N–H and O–H groups in total. The van der Waals surface area contributed by atoms with Gasteiger partial charge in [-0.25, -0.2) is 4.79 Å². The van der Waals surface area contributed by atoms with Crippen LogP contribution >= 0.6 is 0 Å². The predicted octanol–water partition coefficient (Wildman–Crippen LogP) is 2.39. The van der Waals surface area contributed by atoms with Gasteiger partial charge in [0, 0.05) is 17.7 Å². The summed E-state index contributed by atoms with van der Waals surface area (Å²) in [7, 11) is 2.08. The molecule has 0 bridgehead atoms. The fraction of sp³-hybridized carbons (Fsp3) is 0.364. The molecule has 0 radical (unpaired) electrons. The monoisotopic (exact) mass is 367 g/mol. The Bertz CT molecular complexity index is 801. The number of anilines is 1. The molecule has 1 aliphatic carbocycles. The van der Waals surface area contributed by atoms with Crippen molar-refractivity contribution in [2.75, 3.05) is 25.5 Å². The molecule has 2 atom stereocenters. The number of hydrogen-bond acceptors (Lipinski definition) is 3. The summed E-state index contributed by atoms with van der Waals surface area (Å²) in [4.78, 5) is 25.4. The Kier molecular flexibility index (Phi) is 6.24. The van der Waals surface area contributed by atoms with Crippen LogP contribution in [0.5, 0.6) is 0 Å². The van der Waals surface area contributed by atoms with Crippen LogP contribution in [-0.2, 0) is 16.0 Å². The molecule has 1 unspecified atom stereocenters. The second-order valence-electron chi connectivity index (χ2n) is 7.01. The van der Waals surface area contributed by atoms with E-state index in [1.165, 1.54) is 16.0 Å². The minimum absolute atomic E-state index is 0.0283. The van der Waals surface area contributed by atoms with Crippen LogP contribution in [0.2, 0.25) is 0 Å². The summed E-state index contributed by atoms with van der Waals surface area (Å²) in [6.45, 7) is 2.52. The molecule has 0 saturated carbocycles. The average molecular weight is 367 g/mol. The lowest BCUT2D eigenvalue weighted by Gasteiger charge is -2.30. The Morgan fingerprint density at radius 1 is 1.15 bits per heavy atom. The maximum absolute atomic E-state index is 12.5. The Morgan fingerprint density at radius 3 is 2.63 bits per heavy atom. The van der Waals surface area contributed by atoms with Crippen molar-refractivity contribution in [2.24, 2.45) is 0 Å². The number of aryl methyl sites for hydroxylation is 1. The highest BCUT2D eigenvalue weighted by Crippen LogP contribution is 2.27. The fourth-order valence-electron chi connectivity index (χ4n) is 3.75. The number of fused-ring (bicyclic) bond motifs is 1. The maximum Gasteiger partial charge on any atom is 0.338 e. The predicted molar refractivity (Wildman–Crippen MR) is 105 cm³/mol. The molecule has 0 fully saturated rings. The van der Waals surface area contributed by atoms with Crippen LogP contribution in [0.15, 0.2) is 48.5 Å². The van der Waals surface area contributed by atoms with Crippen LogP contribution in [0, 0.1) is 0 Å². The number of ether oxygens (including phenoxy) is 1. The molecule has 0 saturated heterocycles. The van der Waals surface area contributed by atoms with Crippen LogP contribution in [-0.4, -0.2) is 32.1 Å². The normalized spacial score (nSPS) is 16.9. The average Bonchev–Trinajstić information content (AvgIpc) is 2.68. The minimum atomic E-state index is -0.351. The van der Waals surface area contributed by atoms with Gasteiger partial charge in [-0.1, -0.05) is 24.3 Å². The molecule has 0 aromatic heterocycles. The highest BCUT2D eigenvalue weighted by Gasteiger charge is 2.27. The molecule has 5 nitrogen and oxygen atoms in total. The number of hydrogen-bond donors (Lipinski definition) is 2. The Labute approximate surface area is 160 Å². The summed E-state index contributed by atoms with van der Waals surface area (Å²) in [5.74, 6) is -0.380. The van der Waals surface area contributed by atoms with Gasteiger partial charge in [0.1, 0.15) is 6.04 Å². The van der Waals surface area contributed by atoms with Crippen molar-refractivity contribution in [3.05, 3.63) is 65.2 Å². The topological polar surface area (TPSA) is 59.8 Å². The molecule has 0 heterocycles. The van der Waals surface area contributed by atoms with Gasteiger partial charge >= 0.3 is 5.97 Å². The molecule has 0 aliphatic heterocycles. The van der Waals surface area contributed by atoms with Gasteiger partial charge in [-0.15, -0.1) is 0 Å². The van der Waals surface area contributed by atoms with Crippen LogP contribution in [0.4, 0.5) is 5.69 Å². The van der Waals surface area contributed by atoms with E-state index in [1.54, 1.807) is 31.2 Å². The van der Waals surface area contributed by atoms with Crippen molar-refractivity contribution in [3.63, 3.8) is 0 Å². The second kappa shape index (κ2) is 8.82. The molecule has 2 aromatic rings. The van der Waals surface area contributed by atoms with Crippen molar-refractivity contribution in [1.29, 1.82) is 0 Å². The van der Waals surface area contributed by atoms with E-state index in [0.29, 0.717) is 30.4 Å². The first-order valence-electron chi connectivity index (χ1n) is 9.55. The summed E-state index contributed by atoms with van der Waals surface area (Å²) in [5.41, 5.74) is 3.94. The smallest absolute Gasteiger partial charge is 0.338 e. The van der Waals surface area contributed by atoms with E-state index in [1.807, 2.05) is 0 Å². The SMILES string of the molecule is CCOC(=O)c1ccc(NC(=O)C[NH+](C)[C@@H]2CCCc3ccccc32)cc1. The van der Waals surface area contributed by atoms with Gasteiger partial charge in [0.25, 0.3) is 5.91 Å². The van der Waals surface area contributed by atoms with E-state index >= 15 is 0 Å². The quantitative estimate of drug-likeness (QED) is 0.771. The van der Waals surface area contributed by atoms with Crippen LogP contribution < -0.4 is 10.2 Å². The maximum atomic E-state index is 12.5. The number of carbonyl (C=O) groups excluding carboxylic acids is 2. The first kappa shape index (κ1) is 19.1. The number of carbonyl (C=O) groups is 2. The van der Waals surface area contributed by atoms with E-state index in [9.17, 15) is 9.59 Å². The van der Waals surface area contributed by atoms with E-state index in [4.69, 9.17) is 4.74 Å². The van der Waals surface area contributed by atoms with Gasteiger partial charge < -0.3 is 15.0 Å². The molecule has 1 aliphatic rings. The molecule has 2 aromatic carbocycles. The minimum Gasteiger partial charge on any atom is -0.462 e. The van der Waals surface area contributed by atoms with Gasteiger partial charge in [0.15, 0.2) is 6.54 Å². The zero-order chi connectivity index (χ0) is 19.2. The molecule has 142 valence electrons. The zero-order valence-electron chi connectivity index (χ0n) is 16.0. The third kappa shape index (κ3) is 4.74. The molecular weight excluding hydrogens is 340 g/mol. The third-order valence-electron chi connectivity index (χ3n) is 5.08. The van der Waals surface area contributed by atoms with Crippen molar-refractivity contribution < 1.29 is 19.2 Å². The van der Waals surface area contributed by atoms with Crippen molar-refractivity contribution in [3.8, 4) is 0 Å². The lowest BCUT2D eigenvalue weighted by atomic mass is 9.87. The molecule has 27 heavy (non-hydrogen) atoms. The van der Waals surface area contributed by atoms with Gasteiger partial charge in [-0.3, -0.25) is 4.79 Å². The van der Waals surface area contributed by atoms with Crippen molar-refractivity contribution in [1.82, 2.24) is 0 Å². The Morgan fingerprint density at radius 2 is 1.89 bits per heavy atom. The highest BCUT2D eigenvalue weighted by atomic mass is 16.5. The number of likely N-dealkylation sites (N-methyl/N-ethyl adjacent to an activating group) is 1. The van der Waals surface area contributed by atoms with E-state index in [0.717, 1.165) is 19.3 Å². The Balaban J connectivity index is 1.59. The van der Waals surface area contributed by atoms with Gasteiger partial charge in [-0.05, 0) is 49.6 Å². The van der Waals surface area contributed by atoms with Crippen molar-refractivity contribution in [2.45, 2.75) is 32.2 Å². The van der Waals surface area contributed by atoms with Crippen LogP contribution in [0.3, 0.4) is 0 Å². The summed E-state index contributed by atoms with van der Waals surface area (Å²) < 4.78 is 4.97. The summed E-state index contributed by atoms with van der Waals surface area (Å²) in [6, 6.07) is 15.7. The largest absolute Gasteiger partial charge is 0.462 e. The number of rotatable bonds is 6.